The zero-order chi connectivity index (χ0) is 13.7. The van der Waals surface area contributed by atoms with Crippen LogP contribution < -0.4 is 10.2 Å². The maximum Gasteiger partial charge on any atom is 0.185 e. The first kappa shape index (κ1) is 14.2. The molecule has 0 unspecified atom stereocenters. The van der Waals surface area contributed by atoms with Crippen LogP contribution in [-0.2, 0) is 6.54 Å². The molecule has 2 rings (SSSR count). The molecule has 0 fully saturated rings. The molecular weight excluding hydrogens is 278 g/mol. The fraction of sp³-hybridized carbons (Fsp3) is 0.357. The number of rotatable bonds is 6. The average Bonchev–Trinajstić information content (AvgIpc) is 2.88. The number of hydrogen-bond acceptors (Lipinski definition) is 4. The van der Waals surface area contributed by atoms with E-state index in [0.29, 0.717) is 0 Å². The molecule has 5 heteroatoms. The van der Waals surface area contributed by atoms with Gasteiger partial charge in [-0.15, -0.1) is 11.3 Å². The molecule has 0 saturated carbocycles. The van der Waals surface area contributed by atoms with Crippen molar-refractivity contribution >= 4 is 33.8 Å². The number of anilines is 2. The first-order valence-electron chi connectivity index (χ1n) is 6.42. The summed E-state index contributed by atoms with van der Waals surface area (Å²) in [5.41, 5.74) is 1.07. The molecule has 0 aliphatic carbocycles. The largest absolute Gasteiger partial charge is 0.380 e. The Bertz CT molecular complexity index is 506. The van der Waals surface area contributed by atoms with Crippen molar-refractivity contribution in [3.8, 4) is 0 Å². The van der Waals surface area contributed by atoms with E-state index in [1.165, 1.54) is 4.88 Å². The zero-order valence-electron chi connectivity index (χ0n) is 11.2. The summed E-state index contributed by atoms with van der Waals surface area (Å²) in [6.45, 7) is 7.08. The van der Waals surface area contributed by atoms with Gasteiger partial charge in [0.05, 0.1) is 6.54 Å². The summed E-state index contributed by atoms with van der Waals surface area (Å²) in [5, 5.41) is 5.22. The van der Waals surface area contributed by atoms with E-state index in [2.05, 4.69) is 29.0 Å². The normalized spacial score (nSPS) is 10.5. The van der Waals surface area contributed by atoms with E-state index in [4.69, 9.17) is 11.6 Å². The number of benzene rings is 1. The van der Waals surface area contributed by atoms with Crippen molar-refractivity contribution in [1.29, 1.82) is 0 Å². The molecule has 0 atom stereocenters. The predicted octanol–water partition coefficient (Wildman–Crippen LogP) is 4.25. The molecule has 1 heterocycles. The third-order valence-electron chi connectivity index (χ3n) is 2.89. The Hall–Kier alpha value is -1.26. The van der Waals surface area contributed by atoms with Gasteiger partial charge in [0.15, 0.2) is 5.13 Å². The predicted molar refractivity (Wildman–Crippen MR) is 84.5 cm³/mol. The van der Waals surface area contributed by atoms with Crippen LogP contribution in [0.4, 0.5) is 10.8 Å². The molecule has 2 aromatic rings. The van der Waals surface area contributed by atoms with Crippen molar-refractivity contribution in [2.75, 3.05) is 23.3 Å². The third-order valence-corrected chi connectivity index (χ3v) is 4.20. The summed E-state index contributed by atoms with van der Waals surface area (Å²) in [4.78, 5) is 7.96. The average molecular weight is 296 g/mol. The van der Waals surface area contributed by atoms with Crippen molar-refractivity contribution in [1.82, 2.24) is 4.98 Å². The van der Waals surface area contributed by atoms with Crippen molar-refractivity contribution in [3.05, 3.63) is 40.4 Å². The summed E-state index contributed by atoms with van der Waals surface area (Å²) in [6, 6.07) is 7.74. The quantitative estimate of drug-likeness (QED) is 0.863. The highest BCUT2D eigenvalue weighted by molar-refractivity contribution is 7.15. The lowest BCUT2D eigenvalue weighted by molar-refractivity contribution is 0.860. The lowest BCUT2D eigenvalue weighted by Crippen LogP contribution is -2.21. The molecular formula is C14H18ClN3S. The van der Waals surface area contributed by atoms with Crippen LogP contribution in [0, 0.1) is 0 Å². The minimum absolute atomic E-state index is 0.757. The van der Waals surface area contributed by atoms with Gasteiger partial charge in [0.1, 0.15) is 0 Å². The van der Waals surface area contributed by atoms with E-state index in [0.717, 1.165) is 35.5 Å². The molecule has 0 aliphatic heterocycles. The summed E-state index contributed by atoms with van der Waals surface area (Å²) < 4.78 is 0. The van der Waals surface area contributed by atoms with E-state index < -0.39 is 0 Å². The number of hydrogen-bond donors (Lipinski definition) is 1. The van der Waals surface area contributed by atoms with Gasteiger partial charge in [-0.3, -0.25) is 0 Å². The maximum absolute atomic E-state index is 5.86. The van der Waals surface area contributed by atoms with Gasteiger partial charge >= 0.3 is 0 Å². The fourth-order valence-electron chi connectivity index (χ4n) is 1.78. The highest BCUT2D eigenvalue weighted by Gasteiger charge is 2.07. The summed E-state index contributed by atoms with van der Waals surface area (Å²) in [7, 11) is 0. The zero-order valence-corrected chi connectivity index (χ0v) is 12.8. The number of aromatic nitrogens is 1. The second-order valence-electron chi connectivity index (χ2n) is 4.14. The third kappa shape index (κ3) is 3.85. The molecule has 0 radical (unpaired) electrons. The topological polar surface area (TPSA) is 28.2 Å². The van der Waals surface area contributed by atoms with E-state index >= 15 is 0 Å². The van der Waals surface area contributed by atoms with Crippen LogP contribution in [0.25, 0.3) is 0 Å². The molecule has 0 bridgehead atoms. The van der Waals surface area contributed by atoms with Crippen molar-refractivity contribution in [2.45, 2.75) is 20.4 Å². The molecule has 3 nitrogen and oxygen atoms in total. The smallest absolute Gasteiger partial charge is 0.185 e. The van der Waals surface area contributed by atoms with E-state index in [1.54, 1.807) is 11.3 Å². The van der Waals surface area contributed by atoms with Gasteiger partial charge in [-0.2, -0.15) is 0 Å². The standard InChI is InChI=1S/C14H18ClN3S/c1-3-18(4-2)14-17-10-13(19-14)9-16-12-7-5-11(15)6-8-12/h5-8,10,16H,3-4,9H2,1-2H3. The van der Waals surface area contributed by atoms with Crippen molar-refractivity contribution in [2.24, 2.45) is 0 Å². The van der Waals surface area contributed by atoms with Gasteiger partial charge in [-0.1, -0.05) is 11.6 Å². The van der Waals surface area contributed by atoms with E-state index in [-0.39, 0.29) is 0 Å². The Morgan fingerprint density at radius 2 is 1.89 bits per heavy atom. The Labute approximate surface area is 123 Å². The minimum Gasteiger partial charge on any atom is -0.380 e. The van der Waals surface area contributed by atoms with Gasteiger partial charge in [-0.25, -0.2) is 4.98 Å². The molecule has 0 saturated heterocycles. The molecule has 1 N–H and O–H groups in total. The summed E-state index contributed by atoms with van der Waals surface area (Å²) in [5.74, 6) is 0. The summed E-state index contributed by atoms with van der Waals surface area (Å²) in [6.07, 6.45) is 1.95. The Balaban J connectivity index is 1.95. The molecule has 1 aromatic carbocycles. The number of halogens is 1. The second-order valence-corrected chi connectivity index (χ2v) is 5.67. The lowest BCUT2D eigenvalue weighted by Gasteiger charge is -2.16. The Morgan fingerprint density at radius 1 is 1.21 bits per heavy atom. The van der Waals surface area contributed by atoms with Crippen molar-refractivity contribution < 1.29 is 0 Å². The van der Waals surface area contributed by atoms with Gasteiger partial charge in [0, 0.05) is 34.9 Å². The highest BCUT2D eigenvalue weighted by atomic mass is 35.5. The van der Waals surface area contributed by atoms with Crippen LogP contribution in [0.1, 0.15) is 18.7 Å². The van der Waals surface area contributed by atoms with E-state index in [9.17, 15) is 0 Å². The molecule has 19 heavy (non-hydrogen) atoms. The first-order chi connectivity index (χ1) is 9.22. The van der Waals surface area contributed by atoms with Crippen LogP contribution in [0.3, 0.4) is 0 Å². The maximum atomic E-state index is 5.86. The Morgan fingerprint density at radius 3 is 2.53 bits per heavy atom. The van der Waals surface area contributed by atoms with Crippen molar-refractivity contribution in [3.63, 3.8) is 0 Å². The van der Waals surface area contributed by atoms with Gasteiger partial charge in [-0.05, 0) is 38.1 Å². The fourth-order valence-corrected chi connectivity index (χ4v) is 2.88. The molecule has 0 aliphatic rings. The molecule has 1 aromatic heterocycles. The van der Waals surface area contributed by atoms with Gasteiger partial charge in [0.2, 0.25) is 0 Å². The van der Waals surface area contributed by atoms with E-state index in [1.807, 2.05) is 30.5 Å². The number of thiazole rings is 1. The molecule has 102 valence electrons. The minimum atomic E-state index is 0.757. The lowest BCUT2D eigenvalue weighted by atomic mass is 10.3. The molecule has 0 spiro atoms. The first-order valence-corrected chi connectivity index (χ1v) is 7.61. The van der Waals surface area contributed by atoms with Gasteiger partial charge < -0.3 is 10.2 Å². The monoisotopic (exact) mass is 295 g/mol. The van der Waals surface area contributed by atoms with Crippen LogP contribution >= 0.6 is 22.9 Å². The van der Waals surface area contributed by atoms with Crippen LogP contribution in [0.5, 0.6) is 0 Å². The number of nitrogens with one attached hydrogen (secondary N) is 1. The highest BCUT2D eigenvalue weighted by Crippen LogP contribution is 2.23. The summed E-state index contributed by atoms with van der Waals surface area (Å²) >= 11 is 7.60. The second kappa shape index (κ2) is 6.78. The van der Waals surface area contributed by atoms with Crippen LogP contribution in [0.15, 0.2) is 30.5 Å². The van der Waals surface area contributed by atoms with Crippen LogP contribution in [0.2, 0.25) is 5.02 Å². The van der Waals surface area contributed by atoms with Crippen LogP contribution in [-0.4, -0.2) is 18.1 Å². The van der Waals surface area contributed by atoms with Gasteiger partial charge in [0.25, 0.3) is 0 Å². The SMILES string of the molecule is CCN(CC)c1ncc(CNc2ccc(Cl)cc2)s1. The molecule has 0 amide bonds. The Kier molecular flexibility index (Phi) is 5.05. The number of nitrogens with zero attached hydrogens (tertiary/aromatic N) is 2.